The lowest BCUT2D eigenvalue weighted by molar-refractivity contribution is -0.158. The van der Waals surface area contributed by atoms with Gasteiger partial charge in [-0.3, -0.25) is 9.59 Å². The Morgan fingerprint density at radius 2 is 1.31 bits per heavy atom. The molecule has 2 aliphatic carbocycles. The molecule has 0 radical (unpaired) electrons. The molecule has 4 atom stereocenters. The molecule has 0 saturated heterocycles. The van der Waals surface area contributed by atoms with E-state index in [9.17, 15) is 41.4 Å². The molecule has 6 nitrogen and oxygen atoms in total. The van der Waals surface area contributed by atoms with Crippen molar-refractivity contribution in [3.8, 4) is 5.75 Å². The Labute approximate surface area is 227 Å². The molecule has 190 valence electrons. The Morgan fingerprint density at radius 1 is 0.833 bits per heavy atom. The number of carboxylic acids is 1. The zero-order valence-electron chi connectivity index (χ0n) is 17.7. The molecule has 13 heteroatoms. The number of ether oxygens (including phenoxy) is 2. The van der Waals surface area contributed by atoms with Crippen LogP contribution >= 0.6 is 45.2 Å². The molecule has 0 spiro atoms. The summed E-state index contributed by atoms with van der Waals surface area (Å²) in [5.41, 5.74) is -1.32. The number of halogens is 7. The van der Waals surface area contributed by atoms with Crippen LogP contribution in [0.1, 0.15) is 22.3 Å². The highest BCUT2D eigenvalue weighted by atomic mass is 127. The molecular formula is C23H13F5I2O6. The van der Waals surface area contributed by atoms with Gasteiger partial charge in [-0.2, -0.15) is 0 Å². The van der Waals surface area contributed by atoms with Crippen molar-refractivity contribution in [3.63, 3.8) is 0 Å². The standard InChI is InChI=1S/C23H13F5I2O6/c24-15-10(16(25)18(27)19(28)17(15)26)6-35-22(33)13-7-1-2-8(3-7)14(13)23(34)36-20-11(29)4-9(21(31)32)5-12(20)30/h1-2,4-5,7-8,13-14H,3,6H2,(H,31,32). The lowest BCUT2D eigenvalue weighted by atomic mass is 9.83. The maximum absolute atomic E-state index is 13.9. The van der Waals surface area contributed by atoms with Crippen molar-refractivity contribution in [1.29, 1.82) is 0 Å². The van der Waals surface area contributed by atoms with Crippen LogP contribution in [0.5, 0.6) is 5.75 Å². The van der Waals surface area contributed by atoms with Gasteiger partial charge in [-0.05, 0) is 75.6 Å². The predicted octanol–water partition coefficient (Wildman–Crippen LogP) is 5.38. The maximum atomic E-state index is 13.9. The minimum Gasteiger partial charge on any atom is -0.478 e. The van der Waals surface area contributed by atoms with Gasteiger partial charge in [-0.1, -0.05) is 12.2 Å². The molecule has 0 heterocycles. The first-order valence-corrected chi connectivity index (χ1v) is 12.4. The number of benzene rings is 2. The zero-order valence-corrected chi connectivity index (χ0v) is 22.0. The fraction of sp³-hybridized carbons (Fsp3) is 0.261. The van der Waals surface area contributed by atoms with Crippen molar-refractivity contribution in [2.24, 2.45) is 23.7 Å². The van der Waals surface area contributed by atoms with E-state index >= 15 is 0 Å². The number of hydrogen-bond donors (Lipinski definition) is 1. The van der Waals surface area contributed by atoms with Crippen LogP contribution in [0, 0.1) is 59.9 Å². The second-order valence-corrected chi connectivity index (χ2v) is 10.5. The summed E-state index contributed by atoms with van der Waals surface area (Å²) in [4.78, 5) is 37.2. The second-order valence-electron chi connectivity index (χ2n) is 8.15. The highest BCUT2D eigenvalue weighted by Crippen LogP contribution is 2.49. The van der Waals surface area contributed by atoms with E-state index in [4.69, 9.17) is 9.47 Å². The minimum absolute atomic E-state index is 0.0129. The van der Waals surface area contributed by atoms with Crippen LogP contribution < -0.4 is 4.74 Å². The fourth-order valence-corrected chi connectivity index (χ4v) is 6.42. The molecule has 0 aliphatic heterocycles. The Hall–Kier alpha value is -2.30. The van der Waals surface area contributed by atoms with Gasteiger partial charge in [0.15, 0.2) is 29.0 Å². The summed E-state index contributed by atoms with van der Waals surface area (Å²) in [6.07, 6.45) is 3.82. The van der Waals surface area contributed by atoms with E-state index < -0.39 is 82.8 Å². The second kappa shape index (κ2) is 10.2. The lowest BCUT2D eigenvalue weighted by Gasteiger charge is -2.25. The summed E-state index contributed by atoms with van der Waals surface area (Å²) in [5, 5.41) is 9.18. The van der Waals surface area contributed by atoms with Gasteiger partial charge < -0.3 is 14.6 Å². The van der Waals surface area contributed by atoms with E-state index in [2.05, 4.69) is 0 Å². The van der Waals surface area contributed by atoms with Crippen LogP contribution in [0.4, 0.5) is 22.0 Å². The van der Waals surface area contributed by atoms with E-state index in [0.717, 1.165) is 0 Å². The maximum Gasteiger partial charge on any atom is 0.335 e. The van der Waals surface area contributed by atoms with Crippen LogP contribution in [-0.2, 0) is 20.9 Å². The van der Waals surface area contributed by atoms with E-state index in [1.807, 2.05) is 0 Å². The van der Waals surface area contributed by atoms with Gasteiger partial charge in [0.1, 0.15) is 6.61 Å². The molecule has 2 aliphatic rings. The number of carbonyl (C=O) groups is 3. The number of aromatic carboxylic acids is 1. The largest absolute Gasteiger partial charge is 0.478 e. The Kier molecular flexibility index (Phi) is 7.60. The van der Waals surface area contributed by atoms with Crippen LogP contribution in [0.15, 0.2) is 24.3 Å². The van der Waals surface area contributed by atoms with Crippen molar-refractivity contribution in [3.05, 3.63) is 71.6 Å². The number of rotatable bonds is 6. The SMILES string of the molecule is O=C(O)c1cc(I)c(OC(=O)C2C3C=CC(C3)C2C(=O)OCc2c(F)c(F)c(F)c(F)c2F)c(I)c1. The van der Waals surface area contributed by atoms with E-state index in [1.54, 1.807) is 57.3 Å². The van der Waals surface area contributed by atoms with Gasteiger partial charge in [0, 0.05) is 0 Å². The molecule has 2 aromatic rings. The Morgan fingerprint density at radius 3 is 1.81 bits per heavy atom. The Balaban J connectivity index is 1.54. The van der Waals surface area contributed by atoms with Crippen LogP contribution in [0.25, 0.3) is 0 Å². The van der Waals surface area contributed by atoms with Crippen molar-refractivity contribution in [1.82, 2.24) is 0 Å². The number of hydrogen-bond acceptors (Lipinski definition) is 5. The molecule has 36 heavy (non-hydrogen) atoms. The van der Waals surface area contributed by atoms with Crippen molar-refractivity contribution >= 4 is 63.1 Å². The first-order chi connectivity index (χ1) is 16.9. The topological polar surface area (TPSA) is 89.9 Å². The zero-order chi connectivity index (χ0) is 26.5. The van der Waals surface area contributed by atoms with Gasteiger partial charge >= 0.3 is 17.9 Å². The van der Waals surface area contributed by atoms with Crippen LogP contribution in [0.3, 0.4) is 0 Å². The van der Waals surface area contributed by atoms with Crippen molar-refractivity contribution in [2.45, 2.75) is 13.0 Å². The number of fused-ring (bicyclic) bond motifs is 2. The Bertz CT molecular complexity index is 1280. The third-order valence-corrected chi connectivity index (χ3v) is 7.71. The van der Waals surface area contributed by atoms with Crippen LogP contribution in [-0.4, -0.2) is 23.0 Å². The monoisotopic (exact) mass is 734 g/mol. The van der Waals surface area contributed by atoms with Gasteiger partial charge in [0.2, 0.25) is 5.82 Å². The first kappa shape index (κ1) is 26.8. The quantitative estimate of drug-likeness (QED) is 0.0817. The van der Waals surface area contributed by atoms with Crippen molar-refractivity contribution in [2.75, 3.05) is 0 Å². The summed E-state index contributed by atoms with van der Waals surface area (Å²) in [6.45, 7) is -1.23. The molecule has 1 fully saturated rings. The first-order valence-electron chi connectivity index (χ1n) is 10.2. The van der Waals surface area contributed by atoms with Crippen molar-refractivity contribution < 1.29 is 50.9 Å². The third-order valence-electron chi connectivity index (χ3n) is 6.11. The molecule has 1 saturated carbocycles. The molecule has 2 aromatic carbocycles. The summed E-state index contributed by atoms with van der Waals surface area (Å²) in [7, 11) is 0. The number of esters is 2. The van der Waals surface area contributed by atoms with E-state index in [1.165, 1.54) is 12.1 Å². The van der Waals surface area contributed by atoms with Crippen LogP contribution in [0.2, 0.25) is 0 Å². The molecular weight excluding hydrogens is 721 g/mol. The molecule has 0 aromatic heterocycles. The van der Waals surface area contributed by atoms with E-state index in [-0.39, 0.29) is 11.3 Å². The van der Waals surface area contributed by atoms with Gasteiger partial charge in [0.05, 0.1) is 30.1 Å². The average Bonchev–Trinajstić information content (AvgIpc) is 3.45. The highest BCUT2D eigenvalue weighted by Gasteiger charge is 2.53. The molecule has 4 unspecified atom stereocenters. The normalized spacial score (nSPS) is 22.1. The molecule has 4 rings (SSSR count). The molecule has 0 amide bonds. The third kappa shape index (κ3) is 4.70. The van der Waals surface area contributed by atoms with Gasteiger partial charge in [-0.25, -0.2) is 26.7 Å². The average molecular weight is 734 g/mol. The summed E-state index contributed by atoms with van der Waals surface area (Å²) < 4.78 is 79.2. The fourth-order valence-electron chi connectivity index (χ4n) is 4.43. The van der Waals surface area contributed by atoms with Gasteiger partial charge in [0.25, 0.3) is 0 Å². The number of carbonyl (C=O) groups excluding carboxylic acids is 2. The minimum atomic E-state index is -2.33. The van der Waals surface area contributed by atoms with Gasteiger partial charge in [-0.15, -0.1) is 0 Å². The number of allylic oxidation sites excluding steroid dienone is 2. The summed E-state index contributed by atoms with van der Waals surface area (Å²) in [6, 6.07) is 2.62. The molecule has 1 N–H and O–H groups in total. The van der Waals surface area contributed by atoms with E-state index in [0.29, 0.717) is 13.6 Å². The number of carboxylic acid groups (broad SMARTS) is 1. The smallest absolute Gasteiger partial charge is 0.335 e. The summed E-state index contributed by atoms with van der Waals surface area (Å²) >= 11 is 3.61. The predicted molar refractivity (Wildman–Crippen MR) is 128 cm³/mol. The lowest BCUT2D eigenvalue weighted by Crippen LogP contribution is -2.36. The summed E-state index contributed by atoms with van der Waals surface area (Å²) in [5.74, 6) is -16.8. The molecule has 2 bridgehead atoms. The highest BCUT2D eigenvalue weighted by molar-refractivity contribution is 14.1.